The van der Waals surface area contributed by atoms with Gasteiger partial charge >= 0.3 is 0 Å². The van der Waals surface area contributed by atoms with Crippen molar-refractivity contribution in [3.63, 3.8) is 0 Å². The van der Waals surface area contributed by atoms with Gasteiger partial charge in [0, 0.05) is 13.3 Å². The van der Waals surface area contributed by atoms with Crippen LogP contribution >= 0.6 is 0 Å². The van der Waals surface area contributed by atoms with Gasteiger partial charge in [0.15, 0.2) is 5.89 Å². The molecule has 78 valence electrons. The van der Waals surface area contributed by atoms with Crippen LogP contribution in [0.25, 0.3) is 0 Å². The highest BCUT2D eigenvalue weighted by molar-refractivity contribution is 5.14. The molecule has 0 fully saturated rings. The van der Waals surface area contributed by atoms with Crippen LogP contribution in [0.4, 0.5) is 0 Å². The molecular formula is C13H15NO. The largest absolute Gasteiger partial charge is 0.446 e. The molecule has 2 nitrogen and oxygen atoms in total. The second-order valence-corrected chi connectivity index (χ2v) is 3.68. The zero-order valence-electron chi connectivity index (χ0n) is 8.94. The van der Waals surface area contributed by atoms with Crippen molar-refractivity contribution in [2.45, 2.75) is 26.2 Å². The molecule has 2 aromatic rings. The summed E-state index contributed by atoms with van der Waals surface area (Å²) in [7, 11) is 0. The summed E-state index contributed by atoms with van der Waals surface area (Å²) < 4.78 is 5.41. The number of oxazole rings is 1. The van der Waals surface area contributed by atoms with Gasteiger partial charge < -0.3 is 4.42 Å². The Kier molecular flexibility index (Phi) is 3.18. The van der Waals surface area contributed by atoms with Crippen molar-refractivity contribution >= 4 is 0 Å². The lowest BCUT2D eigenvalue weighted by Crippen LogP contribution is -1.88. The summed E-state index contributed by atoms with van der Waals surface area (Å²) in [5.74, 6) is 1.74. The van der Waals surface area contributed by atoms with Gasteiger partial charge in [0.25, 0.3) is 0 Å². The SMILES string of the molecule is Cc1ncc(CCCc2ccccc2)o1. The average Bonchev–Trinajstić information content (AvgIpc) is 2.66. The number of rotatable bonds is 4. The van der Waals surface area contributed by atoms with Crippen molar-refractivity contribution in [1.29, 1.82) is 0 Å². The molecule has 0 bridgehead atoms. The first-order valence-corrected chi connectivity index (χ1v) is 5.30. The molecule has 0 aliphatic heterocycles. The van der Waals surface area contributed by atoms with Crippen LogP contribution in [0.3, 0.4) is 0 Å². The molecule has 0 radical (unpaired) electrons. The molecule has 0 amide bonds. The van der Waals surface area contributed by atoms with Crippen molar-refractivity contribution < 1.29 is 4.42 Å². The highest BCUT2D eigenvalue weighted by Crippen LogP contribution is 2.08. The third-order valence-corrected chi connectivity index (χ3v) is 2.40. The number of hydrogen-bond donors (Lipinski definition) is 0. The molecular weight excluding hydrogens is 186 g/mol. The number of aromatic nitrogens is 1. The maximum atomic E-state index is 5.41. The molecule has 0 saturated heterocycles. The molecule has 0 spiro atoms. The van der Waals surface area contributed by atoms with E-state index in [1.54, 1.807) is 0 Å². The zero-order chi connectivity index (χ0) is 10.5. The molecule has 1 heterocycles. The quantitative estimate of drug-likeness (QED) is 0.759. The first-order chi connectivity index (χ1) is 7.34. The number of hydrogen-bond acceptors (Lipinski definition) is 2. The van der Waals surface area contributed by atoms with Crippen molar-refractivity contribution in [3.8, 4) is 0 Å². The Morgan fingerprint density at radius 3 is 2.60 bits per heavy atom. The van der Waals surface area contributed by atoms with E-state index in [9.17, 15) is 0 Å². The zero-order valence-corrected chi connectivity index (χ0v) is 8.94. The fourth-order valence-corrected chi connectivity index (χ4v) is 1.63. The molecule has 1 aromatic heterocycles. The van der Waals surface area contributed by atoms with Gasteiger partial charge in [-0.15, -0.1) is 0 Å². The summed E-state index contributed by atoms with van der Waals surface area (Å²) in [6.45, 7) is 1.88. The number of nitrogens with zero attached hydrogens (tertiary/aromatic N) is 1. The van der Waals surface area contributed by atoms with Crippen LogP contribution in [0, 0.1) is 6.92 Å². The summed E-state index contributed by atoms with van der Waals surface area (Å²) in [6, 6.07) is 10.5. The molecule has 2 heteroatoms. The van der Waals surface area contributed by atoms with Crippen LogP contribution in [0.2, 0.25) is 0 Å². The third-order valence-electron chi connectivity index (χ3n) is 2.40. The van der Waals surface area contributed by atoms with Crippen molar-refractivity contribution in [3.05, 3.63) is 53.7 Å². The van der Waals surface area contributed by atoms with Crippen LogP contribution in [0.15, 0.2) is 40.9 Å². The Labute approximate surface area is 90.0 Å². The van der Waals surface area contributed by atoms with Crippen LogP contribution in [0.5, 0.6) is 0 Å². The number of aryl methyl sites for hydroxylation is 3. The van der Waals surface area contributed by atoms with Crippen LogP contribution in [-0.2, 0) is 12.8 Å². The van der Waals surface area contributed by atoms with E-state index >= 15 is 0 Å². The van der Waals surface area contributed by atoms with E-state index in [1.807, 2.05) is 19.2 Å². The first-order valence-electron chi connectivity index (χ1n) is 5.30. The smallest absolute Gasteiger partial charge is 0.191 e. The standard InChI is InChI=1S/C13H15NO/c1-11-14-10-13(15-11)9-5-8-12-6-3-2-4-7-12/h2-4,6-7,10H,5,8-9H2,1H3. The fraction of sp³-hybridized carbons (Fsp3) is 0.308. The number of benzene rings is 1. The van der Waals surface area contributed by atoms with Gasteiger partial charge in [-0.25, -0.2) is 4.98 Å². The van der Waals surface area contributed by atoms with E-state index < -0.39 is 0 Å². The van der Waals surface area contributed by atoms with E-state index in [-0.39, 0.29) is 0 Å². The summed E-state index contributed by atoms with van der Waals surface area (Å²) in [4.78, 5) is 4.08. The Hall–Kier alpha value is -1.57. The Morgan fingerprint density at radius 2 is 1.93 bits per heavy atom. The lowest BCUT2D eigenvalue weighted by molar-refractivity contribution is 0.469. The maximum absolute atomic E-state index is 5.41. The van der Waals surface area contributed by atoms with Crippen LogP contribution < -0.4 is 0 Å². The first kappa shape index (κ1) is 9.97. The summed E-state index contributed by atoms with van der Waals surface area (Å²) in [5, 5.41) is 0. The minimum Gasteiger partial charge on any atom is -0.446 e. The van der Waals surface area contributed by atoms with Gasteiger partial charge in [-0.05, 0) is 18.4 Å². The molecule has 0 N–H and O–H groups in total. The molecule has 0 aliphatic rings. The minimum absolute atomic E-state index is 0.754. The van der Waals surface area contributed by atoms with E-state index in [0.29, 0.717) is 0 Å². The molecule has 0 atom stereocenters. The summed E-state index contributed by atoms with van der Waals surface area (Å²) >= 11 is 0. The summed E-state index contributed by atoms with van der Waals surface area (Å²) in [6.07, 6.45) is 5.00. The third kappa shape index (κ3) is 2.94. The fourth-order valence-electron chi connectivity index (χ4n) is 1.63. The second kappa shape index (κ2) is 4.78. The van der Waals surface area contributed by atoms with Gasteiger partial charge in [-0.1, -0.05) is 30.3 Å². The molecule has 2 rings (SSSR count). The molecule has 0 aliphatic carbocycles. The van der Waals surface area contributed by atoms with Gasteiger partial charge in [0.1, 0.15) is 5.76 Å². The van der Waals surface area contributed by atoms with E-state index in [2.05, 4.69) is 29.2 Å². The average molecular weight is 201 g/mol. The molecule has 1 aromatic carbocycles. The monoisotopic (exact) mass is 201 g/mol. The molecule has 15 heavy (non-hydrogen) atoms. The minimum atomic E-state index is 0.754. The lowest BCUT2D eigenvalue weighted by Gasteiger charge is -1.98. The predicted octanol–water partition coefficient (Wildman–Crippen LogP) is 3.16. The Balaban J connectivity index is 1.80. The maximum Gasteiger partial charge on any atom is 0.191 e. The van der Waals surface area contributed by atoms with Gasteiger partial charge in [-0.3, -0.25) is 0 Å². The predicted molar refractivity (Wildman–Crippen MR) is 59.7 cm³/mol. The van der Waals surface area contributed by atoms with Crippen LogP contribution in [-0.4, -0.2) is 4.98 Å². The van der Waals surface area contributed by atoms with E-state index in [1.165, 1.54) is 5.56 Å². The lowest BCUT2D eigenvalue weighted by atomic mass is 10.1. The van der Waals surface area contributed by atoms with Crippen LogP contribution in [0.1, 0.15) is 23.6 Å². The topological polar surface area (TPSA) is 26.0 Å². The van der Waals surface area contributed by atoms with Gasteiger partial charge in [0.2, 0.25) is 0 Å². The van der Waals surface area contributed by atoms with Crippen molar-refractivity contribution in [2.75, 3.05) is 0 Å². The summed E-state index contributed by atoms with van der Waals surface area (Å²) in [5.41, 5.74) is 1.38. The molecule has 0 saturated carbocycles. The van der Waals surface area contributed by atoms with E-state index in [4.69, 9.17) is 4.42 Å². The van der Waals surface area contributed by atoms with Gasteiger partial charge in [-0.2, -0.15) is 0 Å². The van der Waals surface area contributed by atoms with Gasteiger partial charge in [0.05, 0.1) is 6.20 Å². The van der Waals surface area contributed by atoms with Crippen molar-refractivity contribution in [1.82, 2.24) is 4.98 Å². The van der Waals surface area contributed by atoms with E-state index in [0.717, 1.165) is 30.9 Å². The molecule has 0 unspecified atom stereocenters. The highest BCUT2D eigenvalue weighted by Gasteiger charge is 1.99. The second-order valence-electron chi connectivity index (χ2n) is 3.68. The highest BCUT2D eigenvalue weighted by atomic mass is 16.3. The Morgan fingerprint density at radius 1 is 1.13 bits per heavy atom. The normalized spacial score (nSPS) is 10.5. The van der Waals surface area contributed by atoms with Crippen molar-refractivity contribution in [2.24, 2.45) is 0 Å². The Bertz CT molecular complexity index is 405.